The average Bonchev–Trinajstić information content (AvgIpc) is 2.84. The summed E-state index contributed by atoms with van der Waals surface area (Å²) in [6.07, 6.45) is 1.48. The molecule has 0 aliphatic carbocycles. The van der Waals surface area contributed by atoms with Crippen molar-refractivity contribution in [3.05, 3.63) is 59.2 Å². The molecule has 2 amide bonds. The maximum atomic E-state index is 13.0. The Labute approximate surface area is 205 Å². The van der Waals surface area contributed by atoms with Gasteiger partial charge in [0.1, 0.15) is 0 Å². The molecule has 1 saturated heterocycles. The highest BCUT2D eigenvalue weighted by Gasteiger charge is 2.27. The summed E-state index contributed by atoms with van der Waals surface area (Å²) in [5.74, 6) is -1.26. The molecule has 1 heterocycles. The number of ether oxygens (including phenoxy) is 1. The first kappa shape index (κ1) is 25.7. The minimum atomic E-state index is -0.551. The molecule has 9 heteroatoms. The van der Waals surface area contributed by atoms with Gasteiger partial charge < -0.3 is 15.4 Å². The highest BCUT2D eigenvalue weighted by atomic mass is 16.5. The molecule has 0 radical (unpaired) electrons. The lowest BCUT2D eigenvalue weighted by atomic mass is 9.87. The van der Waals surface area contributed by atoms with E-state index in [1.165, 1.54) is 19.2 Å². The van der Waals surface area contributed by atoms with E-state index in [1.54, 1.807) is 22.8 Å². The number of hydrogen-bond donors (Lipinski definition) is 4. The first-order valence-electron chi connectivity index (χ1n) is 11.6. The molecule has 1 unspecified atom stereocenters. The molecule has 9 nitrogen and oxygen atoms in total. The van der Waals surface area contributed by atoms with Gasteiger partial charge in [-0.25, -0.2) is 4.79 Å². The summed E-state index contributed by atoms with van der Waals surface area (Å²) < 4.78 is 6.58. The number of anilines is 2. The van der Waals surface area contributed by atoms with Crippen LogP contribution in [0.25, 0.3) is 0 Å². The summed E-state index contributed by atoms with van der Waals surface area (Å²) >= 11 is 0. The lowest BCUT2D eigenvalue weighted by Gasteiger charge is -2.24. The number of nitrogens with one attached hydrogen (secondary N) is 2. The Kier molecular flexibility index (Phi) is 7.78. The van der Waals surface area contributed by atoms with E-state index in [0.717, 1.165) is 12.0 Å². The molecule has 3 rings (SSSR count). The molecule has 0 aromatic heterocycles. The third-order valence-corrected chi connectivity index (χ3v) is 6.12. The van der Waals surface area contributed by atoms with Crippen LogP contribution in [-0.4, -0.2) is 48.5 Å². The van der Waals surface area contributed by atoms with Crippen LogP contribution in [0.3, 0.4) is 0 Å². The number of amides is 2. The number of esters is 1. The molecule has 2 aromatic carbocycles. The van der Waals surface area contributed by atoms with Crippen molar-refractivity contribution in [3.63, 3.8) is 0 Å². The normalized spacial score (nSPS) is 15.8. The van der Waals surface area contributed by atoms with Crippen LogP contribution in [0.1, 0.15) is 59.9 Å². The fourth-order valence-electron chi connectivity index (χ4n) is 3.98. The summed E-state index contributed by atoms with van der Waals surface area (Å²) in [7, 11) is 1.28. The van der Waals surface area contributed by atoms with Gasteiger partial charge in [0.05, 0.1) is 43.1 Å². The second kappa shape index (κ2) is 10.6. The van der Waals surface area contributed by atoms with E-state index in [0.29, 0.717) is 36.4 Å². The van der Waals surface area contributed by atoms with Crippen molar-refractivity contribution in [2.75, 3.05) is 30.8 Å². The van der Waals surface area contributed by atoms with Gasteiger partial charge in [-0.05, 0) is 54.2 Å². The van der Waals surface area contributed by atoms with Gasteiger partial charge in [0.2, 0.25) is 5.91 Å². The Morgan fingerprint density at radius 3 is 2.23 bits per heavy atom. The Balaban J connectivity index is 1.85. The Morgan fingerprint density at radius 2 is 1.63 bits per heavy atom. The largest absolute Gasteiger partial charge is 0.465 e. The third-order valence-electron chi connectivity index (χ3n) is 6.12. The molecule has 186 valence electrons. The third kappa shape index (κ3) is 6.38. The SMILES string of the molecule is COC(=O)c1ccc(NC(=O)C2CCC[N+](=C(N)N)C2)c(NC(=O)c2ccc(C(C)(C)C)cc2)c1. The van der Waals surface area contributed by atoms with Gasteiger partial charge in [-0.15, -0.1) is 0 Å². The average molecular weight is 481 g/mol. The van der Waals surface area contributed by atoms with Gasteiger partial charge in [0.15, 0.2) is 0 Å². The molecule has 0 bridgehead atoms. The Hall–Kier alpha value is -3.88. The fraction of sp³-hybridized carbons (Fsp3) is 0.385. The maximum Gasteiger partial charge on any atom is 0.341 e. The van der Waals surface area contributed by atoms with Gasteiger partial charge >= 0.3 is 11.9 Å². The van der Waals surface area contributed by atoms with Gasteiger partial charge in [-0.3, -0.25) is 25.6 Å². The monoisotopic (exact) mass is 480 g/mol. The van der Waals surface area contributed by atoms with Crippen molar-refractivity contribution >= 4 is 35.1 Å². The Morgan fingerprint density at radius 1 is 0.971 bits per heavy atom. The van der Waals surface area contributed by atoms with Gasteiger partial charge in [0, 0.05) is 5.56 Å². The zero-order valence-corrected chi connectivity index (χ0v) is 20.7. The number of methoxy groups -OCH3 is 1. The van der Waals surface area contributed by atoms with E-state index in [9.17, 15) is 14.4 Å². The van der Waals surface area contributed by atoms with Crippen molar-refractivity contribution in [3.8, 4) is 0 Å². The van der Waals surface area contributed by atoms with Crippen LogP contribution in [-0.2, 0) is 14.9 Å². The molecule has 2 aromatic rings. The van der Waals surface area contributed by atoms with E-state index in [4.69, 9.17) is 16.2 Å². The molecule has 0 saturated carbocycles. The van der Waals surface area contributed by atoms with E-state index >= 15 is 0 Å². The molecular formula is C26H34N5O4+. The zero-order chi connectivity index (χ0) is 25.8. The van der Waals surface area contributed by atoms with E-state index < -0.39 is 5.97 Å². The summed E-state index contributed by atoms with van der Waals surface area (Å²) in [6.45, 7) is 7.41. The molecule has 35 heavy (non-hydrogen) atoms. The smallest absolute Gasteiger partial charge is 0.341 e. The van der Waals surface area contributed by atoms with Gasteiger partial charge in [0.25, 0.3) is 5.91 Å². The number of carbonyl (C=O) groups is 3. The predicted octanol–water partition coefficient (Wildman–Crippen LogP) is 2.66. The number of rotatable bonds is 5. The quantitative estimate of drug-likeness (QED) is 0.295. The molecular weight excluding hydrogens is 446 g/mol. The van der Waals surface area contributed by atoms with Crippen molar-refractivity contribution < 1.29 is 23.7 Å². The van der Waals surface area contributed by atoms with Crippen molar-refractivity contribution in [1.82, 2.24) is 0 Å². The van der Waals surface area contributed by atoms with Crippen molar-refractivity contribution in [2.24, 2.45) is 17.4 Å². The van der Waals surface area contributed by atoms with Crippen LogP contribution in [0.2, 0.25) is 0 Å². The summed E-state index contributed by atoms with van der Waals surface area (Å²) in [5, 5.41) is 5.71. The second-order valence-corrected chi connectivity index (χ2v) is 9.73. The molecule has 6 N–H and O–H groups in total. The number of benzene rings is 2. The minimum absolute atomic E-state index is 0.0394. The first-order chi connectivity index (χ1) is 16.5. The standard InChI is InChI=1S/C26H33N5O4/c1-26(2,3)19-10-7-16(8-11-19)22(32)30-21-14-17(24(34)35-4)9-12-20(21)29-23(33)18-6-5-13-31(15-18)25(27)28/h7-12,14,18H,5-6,13,15H2,1-4H3,(H5,27,28,29,30,32,33,34)/p+1. The van der Waals surface area contributed by atoms with Crippen LogP contribution < -0.4 is 22.1 Å². The summed E-state index contributed by atoms with van der Waals surface area (Å²) in [4.78, 5) is 38.1. The molecule has 1 aliphatic rings. The number of guanidine groups is 1. The number of nitrogens with zero attached hydrogens (tertiary/aromatic N) is 1. The van der Waals surface area contributed by atoms with Gasteiger partial charge in [-0.1, -0.05) is 32.9 Å². The van der Waals surface area contributed by atoms with Crippen molar-refractivity contribution in [2.45, 2.75) is 39.0 Å². The van der Waals surface area contributed by atoms with Crippen LogP contribution in [0.5, 0.6) is 0 Å². The summed E-state index contributed by atoms with van der Waals surface area (Å²) in [6, 6.07) is 11.9. The van der Waals surface area contributed by atoms with Crippen LogP contribution in [0.15, 0.2) is 42.5 Å². The van der Waals surface area contributed by atoms with Gasteiger partial charge in [-0.2, -0.15) is 0 Å². The van der Waals surface area contributed by atoms with E-state index in [-0.39, 0.29) is 34.7 Å². The first-order valence-corrected chi connectivity index (χ1v) is 11.6. The van der Waals surface area contributed by atoms with E-state index in [1.807, 2.05) is 12.1 Å². The van der Waals surface area contributed by atoms with Crippen LogP contribution >= 0.6 is 0 Å². The number of piperidine rings is 1. The summed E-state index contributed by atoms with van der Waals surface area (Å²) in [5.41, 5.74) is 13.9. The lowest BCUT2D eigenvalue weighted by Crippen LogP contribution is -2.44. The minimum Gasteiger partial charge on any atom is -0.465 e. The topological polar surface area (TPSA) is 140 Å². The Bertz CT molecular complexity index is 1150. The number of hydrogen-bond acceptors (Lipinski definition) is 4. The maximum absolute atomic E-state index is 13.0. The van der Waals surface area contributed by atoms with Crippen LogP contribution in [0.4, 0.5) is 11.4 Å². The lowest BCUT2D eigenvalue weighted by molar-refractivity contribution is -0.544. The fourth-order valence-corrected chi connectivity index (χ4v) is 3.98. The number of nitrogens with two attached hydrogens (primary N) is 2. The number of carbonyl (C=O) groups excluding carboxylic acids is 3. The molecule has 1 atom stereocenters. The second-order valence-electron chi connectivity index (χ2n) is 9.73. The molecule has 1 aliphatic heterocycles. The highest BCUT2D eigenvalue weighted by Crippen LogP contribution is 2.27. The molecule has 0 spiro atoms. The van der Waals surface area contributed by atoms with E-state index in [2.05, 4.69) is 31.4 Å². The zero-order valence-electron chi connectivity index (χ0n) is 20.7. The molecule has 1 fully saturated rings. The highest BCUT2D eigenvalue weighted by molar-refractivity contribution is 6.08. The van der Waals surface area contributed by atoms with Crippen LogP contribution in [0, 0.1) is 5.92 Å². The van der Waals surface area contributed by atoms with Crippen molar-refractivity contribution in [1.29, 1.82) is 0 Å². The predicted molar refractivity (Wildman–Crippen MR) is 136 cm³/mol.